The minimum Gasteiger partial charge on any atom is -0.497 e. The van der Waals surface area contributed by atoms with Gasteiger partial charge in [0.2, 0.25) is 5.91 Å². The molecular formula is C13H20N2O3. The molecule has 0 aliphatic rings. The Hall–Kier alpha value is -1.59. The maximum atomic E-state index is 10.5. The summed E-state index contributed by atoms with van der Waals surface area (Å²) < 4.78 is 10.2. The van der Waals surface area contributed by atoms with Crippen LogP contribution in [-0.2, 0) is 9.53 Å². The highest BCUT2D eigenvalue weighted by molar-refractivity contribution is 5.74. The lowest BCUT2D eigenvalue weighted by atomic mass is 10.1. The van der Waals surface area contributed by atoms with E-state index in [-0.39, 0.29) is 12.6 Å². The third-order valence-electron chi connectivity index (χ3n) is 2.54. The molecular weight excluding hydrogens is 232 g/mol. The molecule has 0 aromatic heterocycles. The molecule has 0 fully saturated rings. The predicted molar refractivity (Wildman–Crippen MR) is 69.4 cm³/mol. The van der Waals surface area contributed by atoms with Gasteiger partial charge in [0.25, 0.3) is 0 Å². The first kappa shape index (κ1) is 14.5. The molecule has 1 rings (SSSR count). The van der Waals surface area contributed by atoms with E-state index in [1.807, 2.05) is 24.3 Å². The molecule has 0 saturated heterocycles. The molecule has 0 spiro atoms. The highest BCUT2D eigenvalue weighted by Gasteiger charge is 2.05. The Balaban J connectivity index is 2.31. The first-order valence-corrected chi connectivity index (χ1v) is 5.87. The Morgan fingerprint density at radius 3 is 2.94 bits per heavy atom. The van der Waals surface area contributed by atoms with Crippen LogP contribution in [0.25, 0.3) is 0 Å². The fourth-order valence-electron chi connectivity index (χ4n) is 1.55. The van der Waals surface area contributed by atoms with Crippen molar-refractivity contribution >= 4 is 5.91 Å². The Labute approximate surface area is 107 Å². The van der Waals surface area contributed by atoms with E-state index in [2.05, 4.69) is 12.2 Å². The average molecular weight is 252 g/mol. The Morgan fingerprint density at radius 2 is 2.28 bits per heavy atom. The fraction of sp³-hybridized carbons (Fsp3) is 0.462. The SMILES string of the molecule is COc1cccc(C(C)NCCOCC(N)=O)c1. The number of amides is 1. The zero-order chi connectivity index (χ0) is 13.4. The van der Waals surface area contributed by atoms with E-state index in [1.54, 1.807) is 7.11 Å². The van der Waals surface area contributed by atoms with Crippen LogP contribution < -0.4 is 15.8 Å². The summed E-state index contributed by atoms with van der Waals surface area (Å²) in [5.41, 5.74) is 6.10. The van der Waals surface area contributed by atoms with Gasteiger partial charge in [-0.05, 0) is 24.6 Å². The number of methoxy groups -OCH3 is 1. The van der Waals surface area contributed by atoms with Gasteiger partial charge in [-0.25, -0.2) is 0 Å². The maximum absolute atomic E-state index is 10.5. The second-order valence-corrected chi connectivity index (χ2v) is 3.97. The van der Waals surface area contributed by atoms with Crippen LogP contribution in [0.4, 0.5) is 0 Å². The number of hydrogen-bond donors (Lipinski definition) is 2. The molecule has 0 aliphatic heterocycles. The molecule has 100 valence electrons. The summed E-state index contributed by atoms with van der Waals surface area (Å²) in [6.45, 7) is 3.14. The summed E-state index contributed by atoms with van der Waals surface area (Å²) in [5, 5.41) is 3.29. The summed E-state index contributed by atoms with van der Waals surface area (Å²) in [6.07, 6.45) is 0. The number of carbonyl (C=O) groups excluding carboxylic acids is 1. The summed E-state index contributed by atoms with van der Waals surface area (Å²) in [4.78, 5) is 10.5. The molecule has 0 saturated carbocycles. The quantitative estimate of drug-likeness (QED) is 0.673. The highest BCUT2D eigenvalue weighted by Crippen LogP contribution is 2.18. The Bertz CT molecular complexity index is 382. The summed E-state index contributed by atoms with van der Waals surface area (Å²) in [5.74, 6) is 0.391. The van der Waals surface area contributed by atoms with Crippen molar-refractivity contribution in [1.82, 2.24) is 5.32 Å². The van der Waals surface area contributed by atoms with Crippen LogP contribution in [0.1, 0.15) is 18.5 Å². The monoisotopic (exact) mass is 252 g/mol. The van der Waals surface area contributed by atoms with E-state index >= 15 is 0 Å². The van der Waals surface area contributed by atoms with E-state index in [0.717, 1.165) is 11.3 Å². The van der Waals surface area contributed by atoms with Gasteiger partial charge < -0.3 is 20.5 Å². The van der Waals surface area contributed by atoms with E-state index in [0.29, 0.717) is 13.2 Å². The zero-order valence-electron chi connectivity index (χ0n) is 10.8. The first-order chi connectivity index (χ1) is 8.63. The summed E-state index contributed by atoms with van der Waals surface area (Å²) >= 11 is 0. The summed E-state index contributed by atoms with van der Waals surface area (Å²) in [7, 11) is 1.65. The van der Waals surface area contributed by atoms with Gasteiger partial charge in [0, 0.05) is 12.6 Å². The number of ether oxygens (including phenoxy) is 2. The summed E-state index contributed by atoms with van der Waals surface area (Å²) in [6, 6.07) is 8.08. The fourth-order valence-corrected chi connectivity index (χ4v) is 1.55. The van der Waals surface area contributed by atoms with Gasteiger partial charge in [0.05, 0.1) is 13.7 Å². The number of rotatable bonds is 8. The third-order valence-corrected chi connectivity index (χ3v) is 2.54. The second kappa shape index (κ2) is 7.68. The predicted octanol–water partition coefficient (Wildman–Crippen LogP) is 0.848. The molecule has 3 N–H and O–H groups in total. The van der Waals surface area contributed by atoms with Gasteiger partial charge in [-0.2, -0.15) is 0 Å². The van der Waals surface area contributed by atoms with Gasteiger partial charge in [-0.3, -0.25) is 4.79 Å². The molecule has 18 heavy (non-hydrogen) atoms. The minimum atomic E-state index is -0.448. The van der Waals surface area contributed by atoms with E-state index in [1.165, 1.54) is 0 Å². The Morgan fingerprint density at radius 1 is 1.50 bits per heavy atom. The number of hydrogen-bond acceptors (Lipinski definition) is 4. The molecule has 1 unspecified atom stereocenters. The molecule has 0 bridgehead atoms. The van der Waals surface area contributed by atoms with Crippen molar-refractivity contribution in [1.29, 1.82) is 0 Å². The number of nitrogens with one attached hydrogen (secondary N) is 1. The standard InChI is InChI=1S/C13H20N2O3/c1-10(15-6-7-18-9-13(14)16)11-4-3-5-12(8-11)17-2/h3-5,8,10,15H,6-7,9H2,1-2H3,(H2,14,16). The van der Waals surface area contributed by atoms with E-state index in [4.69, 9.17) is 15.2 Å². The molecule has 0 aliphatic carbocycles. The maximum Gasteiger partial charge on any atom is 0.243 e. The Kier molecular flexibility index (Phi) is 6.18. The van der Waals surface area contributed by atoms with Gasteiger partial charge in [-0.15, -0.1) is 0 Å². The number of benzene rings is 1. The van der Waals surface area contributed by atoms with Crippen molar-refractivity contribution < 1.29 is 14.3 Å². The van der Waals surface area contributed by atoms with E-state index < -0.39 is 5.91 Å². The van der Waals surface area contributed by atoms with Gasteiger partial charge in [0.1, 0.15) is 12.4 Å². The molecule has 5 heteroatoms. The van der Waals surface area contributed by atoms with Crippen molar-refractivity contribution in [2.24, 2.45) is 5.73 Å². The van der Waals surface area contributed by atoms with Crippen LogP contribution in [0.3, 0.4) is 0 Å². The van der Waals surface area contributed by atoms with Gasteiger partial charge in [0.15, 0.2) is 0 Å². The lowest BCUT2D eigenvalue weighted by Gasteiger charge is -2.15. The molecule has 1 aromatic rings. The molecule has 5 nitrogen and oxygen atoms in total. The molecule has 0 heterocycles. The number of carbonyl (C=O) groups is 1. The van der Waals surface area contributed by atoms with Crippen LogP contribution >= 0.6 is 0 Å². The zero-order valence-corrected chi connectivity index (χ0v) is 10.8. The van der Waals surface area contributed by atoms with E-state index in [9.17, 15) is 4.79 Å². The third kappa shape index (κ3) is 5.16. The highest BCUT2D eigenvalue weighted by atomic mass is 16.5. The molecule has 1 aromatic carbocycles. The van der Waals surface area contributed by atoms with Crippen molar-refractivity contribution in [3.05, 3.63) is 29.8 Å². The molecule has 1 amide bonds. The molecule has 1 atom stereocenters. The lowest BCUT2D eigenvalue weighted by Crippen LogP contribution is -2.26. The van der Waals surface area contributed by atoms with Crippen molar-refractivity contribution in [2.45, 2.75) is 13.0 Å². The van der Waals surface area contributed by atoms with Crippen LogP contribution in [0.2, 0.25) is 0 Å². The normalized spacial score (nSPS) is 12.1. The molecule has 0 radical (unpaired) electrons. The van der Waals surface area contributed by atoms with Gasteiger partial charge >= 0.3 is 0 Å². The second-order valence-electron chi connectivity index (χ2n) is 3.97. The van der Waals surface area contributed by atoms with Gasteiger partial charge in [-0.1, -0.05) is 12.1 Å². The van der Waals surface area contributed by atoms with Crippen LogP contribution in [-0.4, -0.2) is 32.8 Å². The largest absolute Gasteiger partial charge is 0.497 e. The van der Waals surface area contributed by atoms with Crippen molar-refractivity contribution in [2.75, 3.05) is 26.9 Å². The topological polar surface area (TPSA) is 73.6 Å². The van der Waals surface area contributed by atoms with Crippen LogP contribution in [0, 0.1) is 0 Å². The average Bonchev–Trinajstić information content (AvgIpc) is 2.37. The number of nitrogens with two attached hydrogens (primary N) is 1. The van der Waals surface area contributed by atoms with Crippen molar-refractivity contribution in [3.8, 4) is 5.75 Å². The minimum absolute atomic E-state index is 0.0325. The van der Waals surface area contributed by atoms with Crippen molar-refractivity contribution in [3.63, 3.8) is 0 Å². The van der Waals surface area contributed by atoms with Crippen LogP contribution in [0.15, 0.2) is 24.3 Å². The first-order valence-electron chi connectivity index (χ1n) is 5.87. The smallest absolute Gasteiger partial charge is 0.243 e. The lowest BCUT2D eigenvalue weighted by molar-refractivity contribution is -0.122. The van der Waals surface area contributed by atoms with Crippen LogP contribution in [0.5, 0.6) is 5.75 Å². The number of primary amides is 1.